The van der Waals surface area contributed by atoms with E-state index in [0.29, 0.717) is 0 Å². The number of hydrogen-bond acceptors (Lipinski definition) is 3. The predicted molar refractivity (Wildman–Crippen MR) is 42.5 cm³/mol. The molecule has 0 heterocycles. The van der Waals surface area contributed by atoms with Crippen LogP contribution < -0.4 is 4.18 Å². The molecule has 1 aromatic rings. The van der Waals surface area contributed by atoms with E-state index in [4.69, 9.17) is 9.81 Å². The molecule has 0 bridgehead atoms. The van der Waals surface area contributed by atoms with Gasteiger partial charge in [0.15, 0.2) is 5.75 Å². The van der Waals surface area contributed by atoms with Crippen molar-refractivity contribution in [2.45, 2.75) is 0 Å². The van der Waals surface area contributed by atoms with Gasteiger partial charge in [-0.2, -0.15) is 9.47 Å². The number of benzene rings is 1. The lowest BCUT2D eigenvalue weighted by Crippen LogP contribution is -1.99. The van der Waals surface area contributed by atoms with E-state index in [1.165, 1.54) is 0 Å². The van der Waals surface area contributed by atoms with Gasteiger partial charge in [0, 0.05) is 0 Å². The monoisotopic (exact) mass is 201 g/mol. The fraction of sp³-hybridized carbons (Fsp3) is 0. The molecule has 0 spiro atoms. The summed E-state index contributed by atoms with van der Waals surface area (Å²) in [6.45, 7) is 0. The largest absolute Gasteiger partial charge is 0.379 e. The molecule has 1 unspecified atom stereocenters. The third-order valence-electron chi connectivity index (χ3n) is 1.22. The highest BCUT2D eigenvalue weighted by Crippen LogP contribution is 2.18. The molecule has 0 fully saturated rings. The Hall–Kier alpha value is -1.45. The highest BCUT2D eigenvalue weighted by molar-refractivity contribution is 7.74. The second-order valence-corrected chi connectivity index (χ2v) is 2.65. The van der Waals surface area contributed by atoms with Crippen molar-refractivity contribution in [3.63, 3.8) is 0 Å². The lowest BCUT2D eigenvalue weighted by molar-refractivity contribution is 0.456. The van der Waals surface area contributed by atoms with E-state index < -0.39 is 17.2 Å². The molecule has 1 aromatic carbocycles. The Morgan fingerprint density at radius 1 is 1.62 bits per heavy atom. The molecule has 0 radical (unpaired) electrons. The third kappa shape index (κ3) is 2.50. The summed E-state index contributed by atoms with van der Waals surface area (Å²) in [6.07, 6.45) is 0. The van der Waals surface area contributed by atoms with E-state index in [9.17, 15) is 8.60 Å². The molecule has 4 nitrogen and oxygen atoms in total. The molecule has 0 saturated heterocycles. The number of hydrogen-bond donors (Lipinski definition) is 1. The van der Waals surface area contributed by atoms with Gasteiger partial charge in [-0.3, -0.25) is 4.55 Å². The van der Waals surface area contributed by atoms with Gasteiger partial charge in [-0.25, -0.2) is 4.39 Å². The van der Waals surface area contributed by atoms with Crippen molar-refractivity contribution in [2.24, 2.45) is 0 Å². The van der Waals surface area contributed by atoms with Gasteiger partial charge in [0.2, 0.25) is 0 Å². The highest BCUT2D eigenvalue weighted by Gasteiger charge is 2.06. The van der Waals surface area contributed by atoms with Crippen molar-refractivity contribution < 1.29 is 17.3 Å². The normalized spacial score (nSPS) is 11.8. The molecule has 0 aliphatic heterocycles. The minimum Gasteiger partial charge on any atom is -0.379 e. The topological polar surface area (TPSA) is 70.3 Å². The molecule has 0 aromatic heterocycles. The predicted octanol–water partition coefficient (Wildman–Crippen LogP) is 1.21. The summed E-state index contributed by atoms with van der Waals surface area (Å²) in [7, 11) is 0. The van der Waals surface area contributed by atoms with Gasteiger partial charge in [0.05, 0.1) is 5.56 Å². The average molecular weight is 201 g/mol. The summed E-state index contributed by atoms with van der Waals surface area (Å²) in [5.74, 6) is -0.725. The Morgan fingerprint density at radius 2 is 2.31 bits per heavy atom. The van der Waals surface area contributed by atoms with E-state index in [2.05, 4.69) is 4.18 Å². The molecular formula is C7H4FNO3S. The summed E-state index contributed by atoms with van der Waals surface area (Å²) >= 11 is -2.51. The summed E-state index contributed by atoms with van der Waals surface area (Å²) in [5.41, 5.74) is -0.123. The Balaban J connectivity index is 3.08. The zero-order chi connectivity index (χ0) is 9.84. The maximum Gasteiger partial charge on any atom is 0.357 e. The van der Waals surface area contributed by atoms with Crippen LogP contribution in [0.4, 0.5) is 4.39 Å². The van der Waals surface area contributed by atoms with Crippen molar-refractivity contribution >= 4 is 11.4 Å². The number of nitrogens with zero attached hydrogens (tertiary/aromatic N) is 1. The Labute approximate surface area is 76.1 Å². The molecule has 1 atom stereocenters. The van der Waals surface area contributed by atoms with Gasteiger partial charge >= 0.3 is 11.4 Å². The van der Waals surface area contributed by atoms with Crippen LogP contribution in [0.3, 0.4) is 0 Å². The van der Waals surface area contributed by atoms with Crippen molar-refractivity contribution in [3.8, 4) is 11.8 Å². The minimum absolute atomic E-state index is 0.121. The fourth-order valence-corrected chi connectivity index (χ4v) is 1.04. The second kappa shape index (κ2) is 3.98. The van der Waals surface area contributed by atoms with E-state index in [0.717, 1.165) is 18.2 Å². The SMILES string of the molecule is N#Cc1cc(F)ccc1OS(=O)O. The lowest BCUT2D eigenvalue weighted by atomic mass is 10.2. The Kier molecular flexibility index (Phi) is 2.95. The van der Waals surface area contributed by atoms with Crippen molar-refractivity contribution in [2.75, 3.05) is 0 Å². The van der Waals surface area contributed by atoms with Crippen LogP contribution in [0.15, 0.2) is 18.2 Å². The number of nitriles is 1. The van der Waals surface area contributed by atoms with E-state index >= 15 is 0 Å². The van der Waals surface area contributed by atoms with Crippen LogP contribution in [0.2, 0.25) is 0 Å². The molecule has 68 valence electrons. The quantitative estimate of drug-likeness (QED) is 0.730. The lowest BCUT2D eigenvalue weighted by Gasteiger charge is -2.00. The number of halogens is 1. The first-order valence-electron chi connectivity index (χ1n) is 3.12. The highest BCUT2D eigenvalue weighted by atomic mass is 32.2. The molecule has 0 aliphatic rings. The van der Waals surface area contributed by atoms with Crippen LogP contribution in [0.5, 0.6) is 5.75 Å². The van der Waals surface area contributed by atoms with E-state index in [-0.39, 0.29) is 11.3 Å². The molecular weight excluding hydrogens is 197 g/mol. The second-order valence-electron chi connectivity index (χ2n) is 2.05. The first-order chi connectivity index (χ1) is 6.13. The zero-order valence-corrected chi connectivity index (χ0v) is 7.05. The van der Waals surface area contributed by atoms with Crippen LogP contribution in [-0.2, 0) is 11.4 Å². The summed E-state index contributed by atoms with van der Waals surface area (Å²) in [5, 5.41) is 8.48. The van der Waals surface area contributed by atoms with Gasteiger partial charge in [-0.15, -0.1) is 0 Å². The molecule has 1 rings (SSSR count). The molecule has 1 N–H and O–H groups in total. The summed E-state index contributed by atoms with van der Waals surface area (Å²) in [4.78, 5) is 0. The van der Waals surface area contributed by atoms with E-state index in [1.54, 1.807) is 6.07 Å². The van der Waals surface area contributed by atoms with Crippen LogP contribution >= 0.6 is 0 Å². The van der Waals surface area contributed by atoms with Crippen LogP contribution in [0.25, 0.3) is 0 Å². The van der Waals surface area contributed by atoms with Crippen molar-refractivity contribution in [1.82, 2.24) is 0 Å². The van der Waals surface area contributed by atoms with Gasteiger partial charge < -0.3 is 4.18 Å². The summed E-state index contributed by atoms with van der Waals surface area (Å²) in [6, 6.07) is 4.69. The van der Waals surface area contributed by atoms with E-state index in [1.807, 2.05) is 0 Å². The molecule has 0 saturated carbocycles. The van der Waals surface area contributed by atoms with Crippen LogP contribution in [0.1, 0.15) is 5.56 Å². The first-order valence-corrected chi connectivity index (χ1v) is 4.15. The first kappa shape index (κ1) is 9.64. The van der Waals surface area contributed by atoms with Gasteiger partial charge in [-0.05, 0) is 18.2 Å². The van der Waals surface area contributed by atoms with Crippen molar-refractivity contribution in [3.05, 3.63) is 29.6 Å². The Morgan fingerprint density at radius 3 is 2.85 bits per heavy atom. The maximum atomic E-state index is 12.5. The van der Waals surface area contributed by atoms with Gasteiger partial charge in [0.25, 0.3) is 0 Å². The standard InChI is InChI=1S/C7H4FNO3S/c8-6-1-2-7(12-13(10)11)5(3-6)4-9/h1-3H,(H,10,11). The average Bonchev–Trinajstić information content (AvgIpc) is 2.07. The molecule has 0 amide bonds. The summed E-state index contributed by atoms with van der Waals surface area (Å²) < 4.78 is 35.4. The molecule has 0 aliphatic carbocycles. The smallest absolute Gasteiger partial charge is 0.357 e. The third-order valence-corrected chi connectivity index (χ3v) is 1.55. The molecule has 6 heteroatoms. The van der Waals surface area contributed by atoms with Crippen LogP contribution in [-0.4, -0.2) is 8.76 Å². The Bertz CT molecular complexity index is 388. The van der Waals surface area contributed by atoms with Gasteiger partial charge in [0.1, 0.15) is 11.9 Å². The maximum absolute atomic E-state index is 12.5. The minimum atomic E-state index is -2.51. The fourth-order valence-electron chi connectivity index (χ4n) is 0.739. The van der Waals surface area contributed by atoms with Crippen molar-refractivity contribution in [1.29, 1.82) is 5.26 Å². The zero-order valence-electron chi connectivity index (χ0n) is 6.23. The van der Waals surface area contributed by atoms with Gasteiger partial charge in [-0.1, -0.05) is 0 Å². The molecule has 13 heavy (non-hydrogen) atoms. The number of rotatable bonds is 2. The van der Waals surface area contributed by atoms with Crippen LogP contribution in [0, 0.1) is 17.1 Å².